The van der Waals surface area contributed by atoms with Crippen molar-refractivity contribution in [1.29, 1.82) is 0 Å². The number of unbranched alkanes of at least 4 members (excludes halogenated alkanes) is 11. The highest BCUT2D eigenvalue weighted by molar-refractivity contribution is 5.80. The summed E-state index contributed by atoms with van der Waals surface area (Å²) in [6, 6.07) is 0. The van der Waals surface area contributed by atoms with Crippen LogP contribution in [0.15, 0.2) is 24.0 Å². The van der Waals surface area contributed by atoms with Crippen molar-refractivity contribution in [3.8, 4) is 0 Å². The van der Waals surface area contributed by atoms with Gasteiger partial charge in [-0.25, -0.2) is 4.79 Å². The minimum Gasteiger partial charge on any atom is -0.508 e. The van der Waals surface area contributed by atoms with Crippen LogP contribution in [-0.4, -0.2) is 16.2 Å². The van der Waals surface area contributed by atoms with Gasteiger partial charge in [0.15, 0.2) is 0 Å². The Morgan fingerprint density at radius 3 is 1.76 bits per heavy atom. The molecule has 0 saturated heterocycles. The number of aliphatic carboxylic acids is 1. The van der Waals surface area contributed by atoms with E-state index in [1.54, 1.807) is 0 Å². The van der Waals surface area contributed by atoms with E-state index in [0.717, 1.165) is 18.9 Å². The van der Waals surface area contributed by atoms with Crippen LogP contribution in [0.1, 0.15) is 84.0 Å². The molecule has 0 rings (SSSR count). The molecule has 0 aromatic carbocycles. The Labute approximate surface area is 129 Å². The van der Waals surface area contributed by atoms with Gasteiger partial charge in [-0.05, 0) is 18.9 Å². The van der Waals surface area contributed by atoms with E-state index < -0.39 is 5.97 Å². The van der Waals surface area contributed by atoms with Crippen molar-refractivity contribution in [1.82, 2.24) is 0 Å². The Morgan fingerprint density at radius 1 is 0.810 bits per heavy atom. The van der Waals surface area contributed by atoms with E-state index in [0.29, 0.717) is 0 Å². The lowest BCUT2D eigenvalue weighted by atomic mass is 10.1. The van der Waals surface area contributed by atoms with Crippen molar-refractivity contribution < 1.29 is 15.0 Å². The Kier molecular flexibility index (Phi) is 14.2. The second-order valence-corrected chi connectivity index (χ2v) is 5.63. The molecule has 0 amide bonds. The number of hydrogen-bond donors (Lipinski definition) is 2. The van der Waals surface area contributed by atoms with Crippen LogP contribution in [0, 0.1) is 0 Å². The summed E-state index contributed by atoms with van der Waals surface area (Å²) in [7, 11) is 0. The van der Waals surface area contributed by atoms with Crippen LogP contribution in [0.3, 0.4) is 0 Å². The number of carboxylic acids is 1. The first kappa shape index (κ1) is 19.8. The summed E-state index contributed by atoms with van der Waals surface area (Å²) in [4.78, 5) is 10.3. The summed E-state index contributed by atoms with van der Waals surface area (Å²) in [5.41, 5.74) is 0. The molecule has 0 bridgehead atoms. The molecule has 21 heavy (non-hydrogen) atoms. The number of hydrogen-bond acceptors (Lipinski definition) is 2. The van der Waals surface area contributed by atoms with Gasteiger partial charge in [-0.1, -0.05) is 77.2 Å². The van der Waals surface area contributed by atoms with E-state index >= 15 is 0 Å². The molecule has 122 valence electrons. The third-order valence-corrected chi connectivity index (χ3v) is 3.53. The van der Waals surface area contributed by atoms with Gasteiger partial charge in [0, 0.05) is 0 Å². The highest BCUT2D eigenvalue weighted by atomic mass is 16.4. The van der Waals surface area contributed by atoms with Crippen molar-refractivity contribution >= 4 is 5.97 Å². The number of rotatable bonds is 14. The molecular formula is C18H32O3. The van der Waals surface area contributed by atoms with Crippen LogP contribution in [0.2, 0.25) is 0 Å². The van der Waals surface area contributed by atoms with Crippen LogP contribution in [0.25, 0.3) is 0 Å². The molecule has 0 heterocycles. The third kappa shape index (κ3) is 16.7. The number of carboxylic acid groups (broad SMARTS) is 1. The Hall–Kier alpha value is -1.25. The number of carbonyl (C=O) groups is 1. The zero-order valence-electron chi connectivity index (χ0n) is 13.5. The van der Waals surface area contributed by atoms with Crippen molar-refractivity contribution in [2.45, 2.75) is 84.0 Å². The normalized spacial score (nSPS) is 12.1. The maximum Gasteiger partial charge on any atom is 0.332 e. The van der Waals surface area contributed by atoms with Gasteiger partial charge in [-0.2, -0.15) is 0 Å². The van der Waals surface area contributed by atoms with Gasteiger partial charge in [0.25, 0.3) is 0 Å². The maximum absolute atomic E-state index is 10.3. The summed E-state index contributed by atoms with van der Waals surface area (Å²) in [5.74, 6) is -1.31. The molecule has 0 aliphatic carbocycles. The molecular weight excluding hydrogens is 264 g/mol. The predicted molar refractivity (Wildman–Crippen MR) is 88.6 cm³/mol. The van der Waals surface area contributed by atoms with Crippen molar-refractivity contribution in [3.63, 3.8) is 0 Å². The quantitative estimate of drug-likeness (QED) is 0.185. The van der Waals surface area contributed by atoms with Gasteiger partial charge < -0.3 is 10.2 Å². The summed E-state index contributed by atoms with van der Waals surface area (Å²) in [6.45, 7) is 2.25. The number of aliphatic hydroxyl groups is 1. The second-order valence-electron chi connectivity index (χ2n) is 5.63. The lowest BCUT2D eigenvalue weighted by Crippen LogP contribution is -1.89. The molecule has 2 N–H and O–H groups in total. The molecule has 0 spiro atoms. The maximum atomic E-state index is 10.3. The lowest BCUT2D eigenvalue weighted by Gasteiger charge is -2.01. The zero-order valence-corrected chi connectivity index (χ0v) is 13.5. The summed E-state index contributed by atoms with van der Waals surface area (Å²) >= 11 is 0. The van der Waals surface area contributed by atoms with Crippen LogP contribution >= 0.6 is 0 Å². The van der Waals surface area contributed by atoms with E-state index in [1.807, 2.05) is 6.08 Å². The van der Waals surface area contributed by atoms with E-state index in [2.05, 4.69) is 6.92 Å². The topological polar surface area (TPSA) is 57.5 Å². The van der Waals surface area contributed by atoms with Crippen LogP contribution in [0.4, 0.5) is 0 Å². The number of allylic oxidation sites excluding steroid dienone is 2. The molecule has 0 aliphatic heterocycles. The van der Waals surface area contributed by atoms with Gasteiger partial charge in [0.2, 0.25) is 0 Å². The average Bonchev–Trinajstić information content (AvgIpc) is 2.43. The Balaban J connectivity index is 3.26. The van der Waals surface area contributed by atoms with Crippen molar-refractivity contribution in [3.05, 3.63) is 24.0 Å². The molecule has 0 radical (unpaired) electrons. The highest BCUT2D eigenvalue weighted by Crippen LogP contribution is 2.12. The van der Waals surface area contributed by atoms with E-state index in [4.69, 9.17) is 5.11 Å². The molecule has 0 aromatic rings. The first-order chi connectivity index (χ1) is 10.2. The van der Waals surface area contributed by atoms with Crippen LogP contribution in [-0.2, 0) is 4.79 Å². The summed E-state index contributed by atoms with van der Waals surface area (Å²) < 4.78 is 0. The van der Waals surface area contributed by atoms with Crippen molar-refractivity contribution in [2.24, 2.45) is 0 Å². The Bertz CT molecular complexity index is 306. The second kappa shape index (κ2) is 15.1. The third-order valence-electron chi connectivity index (χ3n) is 3.53. The fourth-order valence-electron chi connectivity index (χ4n) is 2.31. The van der Waals surface area contributed by atoms with Gasteiger partial charge in [0.05, 0.1) is 6.08 Å². The molecule has 0 fully saturated rings. The molecule has 3 heteroatoms. The fraction of sp³-hybridized carbons (Fsp3) is 0.722. The largest absolute Gasteiger partial charge is 0.508 e. The van der Waals surface area contributed by atoms with Crippen LogP contribution < -0.4 is 0 Å². The SMILES string of the molecule is CCCCCCCCCCCCC/C=C/C(O)=C/C(=O)O. The van der Waals surface area contributed by atoms with Gasteiger partial charge in [-0.3, -0.25) is 0 Å². The molecule has 0 aliphatic rings. The molecule has 0 unspecified atom stereocenters. The monoisotopic (exact) mass is 296 g/mol. The fourth-order valence-corrected chi connectivity index (χ4v) is 2.31. The molecule has 0 aromatic heterocycles. The smallest absolute Gasteiger partial charge is 0.332 e. The van der Waals surface area contributed by atoms with E-state index in [9.17, 15) is 9.90 Å². The summed E-state index contributed by atoms with van der Waals surface area (Å²) in [6.07, 6.45) is 19.5. The van der Waals surface area contributed by atoms with Crippen molar-refractivity contribution in [2.75, 3.05) is 0 Å². The van der Waals surface area contributed by atoms with E-state index in [1.165, 1.54) is 70.3 Å². The highest BCUT2D eigenvalue weighted by Gasteiger charge is 1.93. The molecule has 0 atom stereocenters. The average molecular weight is 296 g/mol. The van der Waals surface area contributed by atoms with Gasteiger partial charge in [0.1, 0.15) is 5.76 Å². The first-order valence-corrected chi connectivity index (χ1v) is 8.47. The Morgan fingerprint density at radius 2 is 1.29 bits per heavy atom. The van der Waals surface area contributed by atoms with E-state index in [-0.39, 0.29) is 5.76 Å². The molecule has 0 saturated carbocycles. The van der Waals surface area contributed by atoms with Gasteiger partial charge in [-0.15, -0.1) is 0 Å². The zero-order chi connectivity index (χ0) is 15.8. The first-order valence-electron chi connectivity index (χ1n) is 8.47. The predicted octanol–water partition coefficient (Wildman–Crippen LogP) is 5.77. The minimum absolute atomic E-state index is 0.189. The van der Waals surface area contributed by atoms with Gasteiger partial charge >= 0.3 is 5.97 Å². The van der Waals surface area contributed by atoms with Crippen LogP contribution in [0.5, 0.6) is 0 Å². The molecule has 3 nitrogen and oxygen atoms in total. The summed E-state index contributed by atoms with van der Waals surface area (Å²) in [5, 5.41) is 17.6. The standard InChI is InChI=1S/C18H32O3/c1-2-3-4-5-6-7-8-9-10-11-12-13-14-15-17(19)16-18(20)21/h14-16,19H,2-13H2,1H3,(H,20,21)/b15-14+,17-16-. The number of aliphatic hydroxyl groups excluding tert-OH is 1. The minimum atomic E-state index is -1.12. The lowest BCUT2D eigenvalue weighted by molar-refractivity contribution is -0.131.